The zero-order valence-corrected chi connectivity index (χ0v) is 11.1. The van der Waals surface area contributed by atoms with Crippen LogP contribution in [0.5, 0.6) is 5.75 Å². The Morgan fingerprint density at radius 1 is 1.41 bits per heavy atom. The van der Waals surface area contributed by atoms with Gasteiger partial charge in [-0.2, -0.15) is 5.26 Å². The summed E-state index contributed by atoms with van der Waals surface area (Å²) >= 11 is 0. The minimum absolute atomic E-state index is 0.221. The largest absolute Gasteiger partial charge is 0.505 e. The quantitative estimate of drug-likeness (QED) is 0.760. The molecule has 0 saturated heterocycles. The van der Waals surface area contributed by atoms with Crippen molar-refractivity contribution in [1.82, 2.24) is 10.3 Å². The summed E-state index contributed by atoms with van der Waals surface area (Å²) in [4.78, 5) is 27.0. The number of aromatic nitrogens is 1. The molecule has 1 aromatic heterocycles. The molecular weight excluding hydrogens is 286 g/mol. The minimum atomic E-state index is -1.10. The molecule has 3 N–H and O–H groups in total. The Bertz CT molecular complexity index is 854. The molecule has 1 amide bonds. The average Bonchev–Trinajstić information content (AvgIpc) is 2.66. The summed E-state index contributed by atoms with van der Waals surface area (Å²) in [5, 5.41) is 17.2. The van der Waals surface area contributed by atoms with E-state index in [1.807, 2.05) is 6.07 Å². The highest BCUT2D eigenvalue weighted by atomic mass is 16.4. The Morgan fingerprint density at radius 3 is 3.00 bits per heavy atom. The molecule has 0 atom stereocenters. The highest BCUT2D eigenvalue weighted by molar-refractivity contribution is 5.96. The molecule has 2 aromatic rings. The number of rotatable bonds is 5. The van der Waals surface area contributed by atoms with Gasteiger partial charge in [0, 0.05) is 11.8 Å². The van der Waals surface area contributed by atoms with E-state index in [0.29, 0.717) is 16.7 Å². The van der Waals surface area contributed by atoms with E-state index in [0.717, 1.165) is 0 Å². The first-order valence-corrected chi connectivity index (χ1v) is 6.10. The number of nitrogens with zero attached hydrogens (tertiary/aromatic N) is 2. The molecule has 0 spiro atoms. The summed E-state index contributed by atoms with van der Waals surface area (Å²) in [6, 6.07) is 9.98. The summed E-state index contributed by atoms with van der Waals surface area (Å²) in [5.41, 5.74) is 1.21. The van der Waals surface area contributed by atoms with Gasteiger partial charge in [0.1, 0.15) is 12.3 Å². The maximum Gasteiger partial charge on any atom is 0.322 e. The standard InChI is InChI=1S/C15H11N3O4/c16-6-9-2-1-3-10(4-9)11-5-12(19)14(17-7-11)15(22)18-8-13(20)21/h1-5,7,19H,8H2,(H,18,22)(H,20,21)/i/hD3. The van der Waals surface area contributed by atoms with E-state index in [4.69, 9.17) is 9.54 Å². The van der Waals surface area contributed by atoms with Crippen LogP contribution in [0.1, 0.15) is 16.1 Å². The number of aliphatic carboxylic acids is 1. The van der Waals surface area contributed by atoms with Crippen LogP contribution in [0.4, 0.5) is 0 Å². The summed E-state index contributed by atoms with van der Waals surface area (Å²) in [6.45, 7) is -0.770. The lowest BCUT2D eigenvalue weighted by molar-refractivity contribution is -0.135. The third-order valence-electron chi connectivity index (χ3n) is 2.73. The fourth-order valence-electron chi connectivity index (χ4n) is 1.74. The molecule has 1 aromatic carbocycles. The van der Waals surface area contributed by atoms with Crippen molar-refractivity contribution in [2.45, 2.75) is 0 Å². The van der Waals surface area contributed by atoms with Gasteiger partial charge in [-0.15, -0.1) is 0 Å². The van der Waals surface area contributed by atoms with Crippen LogP contribution in [-0.2, 0) is 4.79 Å². The molecule has 0 aliphatic rings. The highest BCUT2D eigenvalue weighted by Crippen LogP contribution is 2.25. The molecule has 0 aliphatic heterocycles. The van der Waals surface area contributed by atoms with Crippen LogP contribution in [0.2, 0.25) is 1.41 Å². The van der Waals surface area contributed by atoms with Gasteiger partial charge in [0.15, 0.2) is 7.11 Å². The molecule has 0 bridgehead atoms. The van der Waals surface area contributed by atoms with E-state index >= 15 is 0 Å². The van der Waals surface area contributed by atoms with Gasteiger partial charge in [-0.1, -0.05) is 12.1 Å². The maximum atomic E-state index is 12.1. The molecular formula is C15H11N3O4. The molecule has 7 heteroatoms. The lowest BCUT2D eigenvalue weighted by Crippen LogP contribution is -2.29. The number of nitrogens with one attached hydrogen (secondary N) is 1. The first-order valence-electron chi connectivity index (χ1n) is 7.37. The van der Waals surface area contributed by atoms with Gasteiger partial charge < -0.3 is 15.5 Å². The monoisotopic (exact) mass is 300 g/mol. The Balaban J connectivity index is 2.34. The second-order valence-corrected chi connectivity index (χ2v) is 4.26. The van der Waals surface area contributed by atoms with Crippen LogP contribution in [0.25, 0.3) is 12.6 Å². The van der Waals surface area contributed by atoms with Gasteiger partial charge >= 0.3 is 5.97 Å². The number of hydrogen-bond donors (Lipinski definition) is 3. The first-order chi connectivity index (χ1) is 12.0. The molecule has 0 radical (unpaired) electrons. The normalized spacial score (nSPS) is 11.3. The van der Waals surface area contributed by atoms with E-state index in [1.165, 1.54) is 12.3 Å². The highest BCUT2D eigenvalue weighted by Gasteiger charge is 2.15. The van der Waals surface area contributed by atoms with Crippen molar-refractivity contribution < 1.29 is 21.2 Å². The number of carboxylic acid groups (broad SMARTS) is 1. The summed E-state index contributed by atoms with van der Waals surface area (Å²) in [7, 11) is 0. The topological polar surface area (TPSA) is 123 Å². The number of carbonyl (C=O) groups is 2. The van der Waals surface area contributed by atoms with Crippen LogP contribution in [-0.4, -0.2) is 35.1 Å². The van der Waals surface area contributed by atoms with Gasteiger partial charge in [-0.25, -0.2) is 4.98 Å². The second-order valence-electron chi connectivity index (χ2n) is 4.26. The van der Waals surface area contributed by atoms with Crippen molar-refractivity contribution in [3.05, 3.63) is 47.8 Å². The number of benzene rings is 1. The van der Waals surface area contributed by atoms with E-state index in [2.05, 4.69) is 15.2 Å². The Labute approximate surface area is 129 Å². The Kier molecular flexibility index (Phi) is 3.26. The van der Waals surface area contributed by atoms with Crippen LogP contribution in [0.3, 0.4) is 0 Å². The van der Waals surface area contributed by atoms with Gasteiger partial charge in [-0.05, 0) is 23.8 Å². The summed E-state index contributed by atoms with van der Waals surface area (Å²) in [6.07, 6.45) is 1.32. The molecule has 0 unspecified atom stereocenters. The maximum absolute atomic E-state index is 12.1. The van der Waals surface area contributed by atoms with Crippen molar-refractivity contribution in [2.24, 2.45) is 0 Å². The van der Waals surface area contributed by atoms with Gasteiger partial charge in [0.25, 0.3) is 8.77 Å². The smallest absolute Gasteiger partial charge is 0.322 e. The average molecular weight is 300 g/mol. The first kappa shape index (κ1) is 11.3. The molecule has 0 aliphatic carbocycles. The number of pyridine rings is 1. The van der Waals surface area contributed by atoms with Crippen molar-refractivity contribution in [3.8, 4) is 22.9 Å². The molecule has 2 rings (SSSR count). The predicted octanol–water partition coefficient (Wildman–Crippen LogP) is 1.14. The third kappa shape index (κ3) is 3.37. The number of carboxylic acids is 1. The second kappa shape index (κ2) is 6.37. The van der Waals surface area contributed by atoms with Crippen LogP contribution < -0.4 is 5.31 Å². The molecule has 110 valence electrons. The van der Waals surface area contributed by atoms with Gasteiger partial charge in [0.2, 0.25) is 0 Å². The molecule has 0 saturated carbocycles. The number of hydrogen-bond acceptors (Lipinski definition) is 6. The van der Waals surface area contributed by atoms with Gasteiger partial charge in [0.05, 0.1) is 11.6 Å². The fourth-order valence-corrected chi connectivity index (χ4v) is 1.74. The van der Waals surface area contributed by atoms with E-state index in [9.17, 15) is 9.59 Å². The summed E-state index contributed by atoms with van der Waals surface area (Å²) in [5.74, 6) is -2.31. The molecule has 0 fully saturated rings. The third-order valence-corrected chi connectivity index (χ3v) is 2.73. The van der Waals surface area contributed by atoms with E-state index < -0.39 is 18.4 Å². The van der Waals surface area contributed by atoms with Crippen molar-refractivity contribution >= 4 is 11.9 Å². The molecule has 7 nitrogen and oxygen atoms in total. The SMILES string of the molecule is [2H]OC(=O)CN([2H])C(=O)c1ncc(-c2cccc(C#N)c2)cc1O[2H]. The Hall–Kier alpha value is -3.40. The number of carbonyl (C=O) groups excluding carboxylic acids is 1. The predicted molar refractivity (Wildman–Crippen MR) is 76.0 cm³/mol. The van der Waals surface area contributed by atoms with Crippen LogP contribution >= 0.6 is 0 Å². The lowest BCUT2D eigenvalue weighted by Gasteiger charge is -2.07. The van der Waals surface area contributed by atoms with Crippen molar-refractivity contribution in [3.63, 3.8) is 0 Å². The molecule has 1 heterocycles. The van der Waals surface area contributed by atoms with Crippen molar-refractivity contribution in [2.75, 3.05) is 6.54 Å². The zero-order valence-electron chi connectivity index (χ0n) is 14.1. The van der Waals surface area contributed by atoms with Crippen LogP contribution in [0, 0.1) is 11.3 Å². The van der Waals surface area contributed by atoms with E-state index in [-0.39, 0.29) is 16.8 Å². The van der Waals surface area contributed by atoms with Crippen molar-refractivity contribution in [1.29, 1.82) is 8.12 Å². The van der Waals surface area contributed by atoms with Gasteiger partial charge in [-0.3, -0.25) is 9.59 Å². The van der Waals surface area contributed by atoms with E-state index in [1.54, 1.807) is 24.3 Å². The fraction of sp³-hybridized carbons (Fsp3) is 0.0667. The number of nitriles is 1. The van der Waals surface area contributed by atoms with Crippen LogP contribution in [0.15, 0.2) is 36.5 Å². The number of amides is 1. The zero-order chi connectivity index (χ0) is 18.4. The summed E-state index contributed by atoms with van der Waals surface area (Å²) < 4.78 is 21.0. The Morgan fingerprint density at radius 2 is 2.27 bits per heavy atom. The lowest BCUT2D eigenvalue weighted by atomic mass is 10.0. The molecule has 22 heavy (non-hydrogen) atoms. The number of aromatic hydroxyl groups is 1. The minimum Gasteiger partial charge on any atom is -0.505 e.